The summed E-state index contributed by atoms with van der Waals surface area (Å²) in [5, 5.41) is 0.580. The Kier molecular flexibility index (Phi) is 9.86. The maximum absolute atomic E-state index is 13.5. The predicted octanol–water partition coefficient (Wildman–Crippen LogP) is 7.46. The number of thioether (sulfide) groups is 2. The van der Waals surface area contributed by atoms with Crippen LogP contribution in [0.25, 0.3) is 0 Å². The van der Waals surface area contributed by atoms with Crippen LogP contribution in [0.5, 0.6) is 28.7 Å². The highest BCUT2D eigenvalue weighted by atomic mass is 32.2. The zero-order chi connectivity index (χ0) is 33.2. The van der Waals surface area contributed by atoms with E-state index in [0.29, 0.717) is 45.0 Å². The van der Waals surface area contributed by atoms with Gasteiger partial charge in [0, 0.05) is 29.1 Å². The van der Waals surface area contributed by atoms with Gasteiger partial charge in [0.1, 0.15) is 6.10 Å². The van der Waals surface area contributed by atoms with Crippen LogP contribution in [-0.4, -0.2) is 57.7 Å². The molecule has 2 unspecified atom stereocenters. The molecule has 11 heteroatoms. The molecule has 0 N–H and O–H groups in total. The maximum atomic E-state index is 13.5. The second-order valence-electron chi connectivity index (χ2n) is 12.4. The molecule has 48 heavy (non-hydrogen) atoms. The molecule has 1 aliphatic carbocycles. The van der Waals surface area contributed by atoms with Crippen molar-refractivity contribution in [2.24, 2.45) is 11.8 Å². The molecule has 0 saturated carbocycles. The summed E-state index contributed by atoms with van der Waals surface area (Å²) in [6.45, 7) is 0.242. The molecule has 0 spiro atoms. The normalized spacial score (nSPS) is 25.4. The van der Waals surface area contributed by atoms with E-state index in [2.05, 4.69) is 30.3 Å². The van der Waals surface area contributed by atoms with E-state index in [1.807, 2.05) is 47.8 Å². The molecule has 3 heterocycles. The van der Waals surface area contributed by atoms with Gasteiger partial charge in [0.15, 0.2) is 23.0 Å². The number of hydrogen-bond acceptors (Lipinski definition) is 11. The van der Waals surface area contributed by atoms with Crippen LogP contribution in [0.2, 0.25) is 0 Å². The molecule has 9 nitrogen and oxygen atoms in total. The second kappa shape index (κ2) is 14.4. The molecule has 7 rings (SSSR count). The van der Waals surface area contributed by atoms with Crippen molar-refractivity contribution in [3.8, 4) is 28.7 Å². The van der Waals surface area contributed by atoms with Gasteiger partial charge in [0.25, 0.3) is 0 Å². The Morgan fingerprint density at radius 2 is 1.60 bits per heavy atom. The molecule has 3 aromatic carbocycles. The highest BCUT2D eigenvalue weighted by Crippen LogP contribution is 2.56. The molecular formula is C37H40O9S2. The monoisotopic (exact) mass is 692 g/mol. The standard InChI is InChI=1S/C37H40O9S2/c1-40-29-15-22(16-30(41-2)35(29)42-3)32-24-17-27-28(45-20-44-27)18-25(24)34(26-19-43-36(39)33(26)32)46-31(38)12-8-7-11-23-13-14-47-37(48-23)21-9-5-4-6-10-21/h4-6,9-10,15-18,23,26,32-34,37H,7-8,11-14,19-20H2,1-3H3/t23?,26-,32+,33-,34-,37?/m0/s1. The molecule has 0 amide bonds. The van der Waals surface area contributed by atoms with Crippen LogP contribution >= 0.6 is 23.5 Å². The molecular weight excluding hydrogens is 653 g/mol. The third-order valence-corrected chi connectivity index (χ3v) is 12.8. The fourth-order valence-electron chi connectivity index (χ4n) is 7.37. The third-order valence-electron chi connectivity index (χ3n) is 9.68. The van der Waals surface area contributed by atoms with Crippen LogP contribution in [0.3, 0.4) is 0 Å². The van der Waals surface area contributed by atoms with Crippen molar-refractivity contribution in [3.05, 3.63) is 76.9 Å². The summed E-state index contributed by atoms with van der Waals surface area (Å²) in [5.41, 5.74) is 3.76. The number of fused-ring (bicyclic) bond motifs is 3. The average Bonchev–Trinajstić information content (AvgIpc) is 3.75. The van der Waals surface area contributed by atoms with Crippen LogP contribution in [0.1, 0.15) is 71.0 Å². The van der Waals surface area contributed by atoms with Crippen molar-refractivity contribution >= 4 is 35.5 Å². The van der Waals surface area contributed by atoms with Gasteiger partial charge in [-0.2, -0.15) is 0 Å². The molecule has 254 valence electrons. The largest absolute Gasteiger partial charge is 0.493 e. The van der Waals surface area contributed by atoms with E-state index in [0.717, 1.165) is 41.7 Å². The molecule has 4 aliphatic rings. The van der Waals surface area contributed by atoms with E-state index < -0.39 is 17.9 Å². The summed E-state index contributed by atoms with van der Waals surface area (Å²) in [5.74, 6) is 1.69. The first-order chi connectivity index (χ1) is 23.5. The van der Waals surface area contributed by atoms with Crippen LogP contribution in [0, 0.1) is 11.8 Å². The topological polar surface area (TPSA) is 98.8 Å². The zero-order valence-electron chi connectivity index (χ0n) is 27.3. The summed E-state index contributed by atoms with van der Waals surface area (Å²) < 4.78 is 40.8. The summed E-state index contributed by atoms with van der Waals surface area (Å²) in [6.07, 6.45) is 3.60. The number of methoxy groups -OCH3 is 3. The second-order valence-corrected chi connectivity index (χ2v) is 15.3. The molecule has 0 aromatic heterocycles. The summed E-state index contributed by atoms with van der Waals surface area (Å²) in [7, 11) is 4.67. The molecule has 3 aliphatic heterocycles. The Morgan fingerprint density at radius 1 is 0.875 bits per heavy atom. The van der Waals surface area contributed by atoms with Gasteiger partial charge < -0.3 is 33.2 Å². The van der Waals surface area contributed by atoms with Crippen LogP contribution < -0.4 is 23.7 Å². The van der Waals surface area contributed by atoms with Crippen molar-refractivity contribution in [2.45, 2.75) is 54.0 Å². The number of carbonyl (C=O) groups is 2. The predicted molar refractivity (Wildman–Crippen MR) is 183 cm³/mol. The highest BCUT2D eigenvalue weighted by Gasteiger charge is 2.54. The Morgan fingerprint density at radius 3 is 2.31 bits per heavy atom. The number of cyclic esters (lactones) is 1. The van der Waals surface area contributed by atoms with Crippen LogP contribution in [0.15, 0.2) is 54.6 Å². The first kappa shape index (κ1) is 32.8. The molecule has 0 radical (unpaired) electrons. The van der Waals surface area contributed by atoms with Crippen molar-refractivity contribution < 1.29 is 42.7 Å². The van der Waals surface area contributed by atoms with E-state index in [9.17, 15) is 9.59 Å². The first-order valence-electron chi connectivity index (χ1n) is 16.4. The van der Waals surface area contributed by atoms with Gasteiger partial charge in [-0.3, -0.25) is 9.59 Å². The summed E-state index contributed by atoms with van der Waals surface area (Å²) in [4.78, 5) is 26.9. The van der Waals surface area contributed by atoms with Gasteiger partial charge in [-0.1, -0.05) is 36.8 Å². The van der Waals surface area contributed by atoms with Gasteiger partial charge in [0.2, 0.25) is 12.5 Å². The Balaban J connectivity index is 1.09. The lowest BCUT2D eigenvalue weighted by atomic mass is 9.66. The van der Waals surface area contributed by atoms with Gasteiger partial charge in [-0.25, -0.2) is 0 Å². The molecule has 2 fully saturated rings. The lowest BCUT2D eigenvalue weighted by molar-refractivity contribution is -0.154. The van der Waals surface area contributed by atoms with E-state index >= 15 is 0 Å². The van der Waals surface area contributed by atoms with Gasteiger partial charge in [-0.05, 0) is 66.0 Å². The van der Waals surface area contributed by atoms with Crippen molar-refractivity contribution in [1.82, 2.24) is 0 Å². The van der Waals surface area contributed by atoms with Crippen molar-refractivity contribution in [1.29, 1.82) is 0 Å². The Hall–Kier alpha value is -3.70. The first-order valence-corrected chi connectivity index (χ1v) is 18.4. The smallest absolute Gasteiger partial charge is 0.310 e. The highest BCUT2D eigenvalue weighted by molar-refractivity contribution is 8.17. The fourth-order valence-corrected chi connectivity index (χ4v) is 10.8. The number of hydrogen-bond donors (Lipinski definition) is 0. The zero-order valence-corrected chi connectivity index (χ0v) is 28.9. The van der Waals surface area contributed by atoms with Crippen molar-refractivity contribution in [3.63, 3.8) is 0 Å². The van der Waals surface area contributed by atoms with Gasteiger partial charge in [0.05, 0.1) is 38.4 Å². The van der Waals surface area contributed by atoms with Crippen molar-refractivity contribution in [2.75, 3.05) is 40.5 Å². The molecule has 3 aromatic rings. The number of ether oxygens (including phenoxy) is 7. The lowest BCUT2D eigenvalue weighted by Gasteiger charge is -2.38. The number of carbonyl (C=O) groups excluding carboxylic acids is 2. The van der Waals surface area contributed by atoms with Gasteiger partial charge >= 0.3 is 11.9 Å². The van der Waals surface area contributed by atoms with E-state index in [-0.39, 0.29) is 31.3 Å². The number of rotatable bonds is 11. The maximum Gasteiger partial charge on any atom is 0.310 e. The molecule has 0 bridgehead atoms. The minimum atomic E-state index is -0.672. The minimum Gasteiger partial charge on any atom is -0.493 e. The summed E-state index contributed by atoms with van der Waals surface area (Å²) >= 11 is 4.06. The van der Waals surface area contributed by atoms with Crippen LogP contribution in [-0.2, 0) is 19.1 Å². The van der Waals surface area contributed by atoms with Crippen LogP contribution in [0.4, 0.5) is 0 Å². The Labute approximate surface area is 289 Å². The molecule has 6 atom stereocenters. The lowest BCUT2D eigenvalue weighted by Crippen LogP contribution is -2.36. The average molecular weight is 693 g/mol. The van der Waals surface area contributed by atoms with E-state index in [1.165, 1.54) is 12.0 Å². The minimum absolute atomic E-state index is 0.0937. The quantitative estimate of drug-likeness (QED) is 0.148. The molecule has 2 saturated heterocycles. The van der Waals surface area contributed by atoms with Gasteiger partial charge in [-0.15, -0.1) is 23.5 Å². The SMILES string of the molecule is COc1cc([C@@H]2c3cc4c(cc3[C@H](OC(=O)CCCCC3CCSC(c5ccccc5)S3)[C@H]3COC(=O)[C@H]23)OCO4)cc(OC)c1OC. The third kappa shape index (κ3) is 6.39. The number of unbranched alkanes of at least 4 members (excludes halogenated alkanes) is 1. The fraction of sp³-hybridized carbons (Fsp3) is 0.459. The Bertz CT molecular complexity index is 1620. The summed E-state index contributed by atoms with van der Waals surface area (Å²) in [6, 6.07) is 18.2. The number of benzene rings is 3. The van der Waals surface area contributed by atoms with E-state index in [1.54, 1.807) is 21.3 Å². The number of esters is 2. The van der Waals surface area contributed by atoms with E-state index in [4.69, 9.17) is 33.2 Å².